The molecule has 0 aromatic carbocycles. The lowest BCUT2D eigenvalue weighted by atomic mass is 10.0. The summed E-state index contributed by atoms with van der Waals surface area (Å²) in [5, 5.41) is 9.15. The average molecular weight is 199 g/mol. The van der Waals surface area contributed by atoms with Crippen LogP contribution in [0, 0.1) is 5.92 Å². The molecular weight excluding hydrogens is 178 g/mol. The number of rotatable bonds is 3. The summed E-state index contributed by atoms with van der Waals surface area (Å²) < 4.78 is 0. The predicted octanol–water partition coefficient (Wildman–Crippen LogP) is 1.41. The van der Waals surface area contributed by atoms with E-state index >= 15 is 0 Å². The van der Waals surface area contributed by atoms with E-state index in [2.05, 4.69) is 13.8 Å². The van der Waals surface area contributed by atoms with Gasteiger partial charge in [0, 0.05) is 13.0 Å². The Labute approximate surface area is 86.1 Å². The molecule has 1 saturated heterocycles. The molecule has 82 valence electrons. The average Bonchev–Trinajstić information content (AvgIpc) is 2.16. The van der Waals surface area contributed by atoms with Gasteiger partial charge in [-0.25, -0.2) is 0 Å². The van der Waals surface area contributed by atoms with Crippen LogP contribution < -0.4 is 0 Å². The van der Waals surface area contributed by atoms with E-state index < -0.39 is 0 Å². The van der Waals surface area contributed by atoms with E-state index in [9.17, 15) is 4.79 Å². The van der Waals surface area contributed by atoms with E-state index in [1.807, 2.05) is 4.90 Å². The van der Waals surface area contributed by atoms with Gasteiger partial charge in [0.2, 0.25) is 5.91 Å². The second-order valence-electron chi connectivity index (χ2n) is 4.52. The highest BCUT2D eigenvalue weighted by molar-refractivity contribution is 5.76. The van der Waals surface area contributed by atoms with Gasteiger partial charge in [-0.15, -0.1) is 0 Å². The molecule has 1 N–H and O–H groups in total. The summed E-state index contributed by atoms with van der Waals surface area (Å²) in [4.78, 5) is 13.7. The largest absolute Gasteiger partial charge is 0.394 e. The molecule has 1 aliphatic rings. The predicted molar refractivity (Wildman–Crippen MR) is 55.9 cm³/mol. The molecule has 0 radical (unpaired) electrons. The van der Waals surface area contributed by atoms with Crippen molar-refractivity contribution < 1.29 is 9.90 Å². The lowest BCUT2D eigenvalue weighted by Gasteiger charge is -2.35. The normalized spacial score (nSPS) is 22.9. The first-order valence-electron chi connectivity index (χ1n) is 5.55. The molecule has 3 nitrogen and oxygen atoms in total. The van der Waals surface area contributed by atoms with E-state index in [1.54, 1.807) is 0 Å². The molecular formula is C11H21NO2. The zero-order valence-corrected chi connectivity index (χ0v) is 9.20. The maximum Gasteiger partial charge on any atom is 0.223 e. The van der Waals surface area contributed by atoms with E-state index in [-0.39, 0.29) is 18.6 Å². The van der Waals surface area contributed by atoms with Crippen molar-refractivity contribution in [3.63, 3.8) is 0 Å². The molecule has 0 aromatic rings. The van der Waals surface area contributed by atoms with Crippen molar-refractivity contribution in [3.8, 4) is 0 Å². The number of hydrogen-bond donors (Lipinski definition) is 1. The monoisotopic (exact) mass is 199 g/mol. The van der Waals surface area contributed by atoms with Gasteiger partial charge in [-0.05, 0) is 25.2 Å². The van der Waals surface area contributed by atoms with Gasteiger partial charge in [0.1, 0.15) is 0 Å². The molecule has 3 heteroatoms. The summed E-state index contributed by atoms with van der Waals surface area (Å²) in [7, 11) is 0. The maximum absolute atomic E-state index is 11.8. The quantitative estimate of drug-likeness (QED) is 0.746. The van der Waals surface area contributed by atoms with Crippen molar-refractivity contribution >= 4 is 5.91 Å². The Hall–Kier alpha value is -0.570. The number of carbonyl (C=O) groups is 1. The molecule has 0 aliphatic carbocycles. The van der Waals surface area contributed by atoms with Gasteiger partial charge in [0.25, 0.3) is 0 Å². The van der Waals surface area contributed by atoms with E-state index in [4.69, 9.17) is 5.11 Å². The lowest BCUT2D eigenvalue weighted by molar-refractivity contribution is -0.136. The third-order valence-corrected chi connectivity index (χ3v) is 2.74. The fourth-order valence-electron chi connectivity index (χ4n) is 1.99. The second kappa shape index (κ2) is 5.35. The summed E-state index contributed by atoms with van der Waals surface area (Å²) in [6.07, 6.45) is 3.79. The van der Waals surface area contributed by atoms with Gasteiger partial charge in [0.15, 0.2) is 0 Å². The fraction of sp³-hybridized carbons (Fsp3) is 0.909. The summed E-state index contributed by atoms with van der Waals surface area (Å²) >= 11 is 0. The number of aliphatic hydroxyl groups is 1. The zero-order valence-electron chi connectivity index (χ0n) is 9.20. The second-order valence-corrected chi connectivity index (χ2v) is 4.52. The highest BCUT2D eigenvalue weighted by Gasteiger charge is 2.25. The summed E-state index contributed by atoms with van der Waals surface area (Å²) in [6, 6.07) is 0.0787. The fourth-order valence-corrected chi connectivity index (χ4v) is 1.99. The molecule has 0 saturated carbocycles. The zero-order chi connectivity index (χ0) is 10.6. The highest BCUT2D eigenvalue weighted by atomic mass is 16.3. The minimum atomic E-state index is 0.0787. The Morgan fingerprint density at radius 3 is 2.79 bits per heavy atom. The van der Waals surface area contributed by atoms with Crippen molar-refractivity contribution in [2.45, 2.75) is 45.6 Å². The Kier molecular flexibility index (Phi) is 4.39. The van der Waals surface area contributed by atoms with Crippen molar-refractivity contribution in [2.75, 3.05) is 13.2 Å². The Morgan fingerprint density at radius 2 is 2.21 bits per heavy atom. The number of carbonyl (C=O) groups excluding carboxylic acids is 1. The van der Waals surface area contributed by atoms with Crippen molar-refractivity contribution in [2.24, 2.45) is 5.92 Å². The standard InChI is InChI=1S/C11H21NO2/c1-9(2)7-11(14)12-6-4-3-5-10(12)8-13/h9-10,13H,3-8H2,1-2H3. The number of nitrogens with zero attached hydrogens (tertiary/aromatic N) is 1. The SMILES string of the molecule is CC(C)CC(=O)N1CCCCC1CO. The Balaban J connectivity index is 2.50. The molecule has 1 fully saturated rings. The topological polar surface area (TPSA) is 40.5 Å². The van der Waals surface area contributed by atoms with Crippen LogP contribution in [0.1, 0.15) is 39.5 Å². The van der Waals surface area contributed by atoms with Crippen LogP contribution in [0.3, 0.4) is 0 Å². The van der Waals surface area contributed by atoms with Gasteiger partial charge in [0.05, 0.1) is 12.6 Å². The van der Waals surface area contributed by atoms with Gasteiger partial charge < -0.3 is 10.0 Å². The summed E-state index contributed by atoms with van der Waals surface area (Å²) in [5.74, 6) is 0.613. The van der Waals surface area contributed by atoms with Gasteiger partial charge in [-0.2, -0.15) is 0 Å². The molecule has 1 heterocycles. The number of aliphatic hydroxyl groups excluding tert-OH is 1. The first-order valence-corrected chi connectivity index (χ1v) is 5.55. The van der Waals surface area contributed by atoms with Crippen LogP contribution in [0.4, 0.5) is 0 Å². The summed E-state index contributed by atoms with van der Waals surface area (Å²) in [5.41, 5.74) is 0. The van der Waals surface area contributed by atoms with E-state index in [0.29, 0.717) is 12.3 Å². The maximum atomic E-state index is 11.8. The first-order chi connectivity index (χ1) is 6.65. The molecule has 1 atom stereocenters. The number of likely N-dealkylation sites (tertiary alicyclic amines) is 1. The first kappa shape index (κ1) is 11.5. The van der Waals surface area contributed by atoms with E-state index in [1.165, 1.54) is 0 Å². The van der Waals surface area contributed by atoms with Crippen LogP contribution >= 0.6 is 0 Å². The van der Waals surface area contributed by atoms with E-state index in [0.717, 1.165) is 25.8 Å². The smallest absolute Gasteiger partial charge is 0.223 e. The van der Waals surface area contributed by atoms with Crippen molar-refractivity contribution in [1.29, 1.82) is 0 Å². The molecule has 1 unspecified atom stereocenters. The molecule has 0 aromatic heterocycles. The van der Waals surface area contributed by atoms with Crippen LogP contribution in [0.25, 0.3) is 0 Å². The minimum Gasteiger partial charge on any atom is -0.394 e. The third kappa shape index (κ3) is 2.98. The van der Waals surface area contributed by atoms with Gasteiger partial charge >= 0.3 is 0 Å². The van der Waals surface area contributed by atoms with Crippen molar-refractivity contribution in [1.82, 2.24) is 4.90 Å². The van der Waals surface area contributed by atoms with Crippen molar-refractivity contribution in [3.05, 3.63) is 0 Å². The van der Waals surface area contributed by atoms with Gasteiger partial charge in [-0.3, -0.25) is 4.79 Å². The highest BCUT2D eigenvalue weighted by Crippen LogP contribution is 2.18. The van der Waals surface area contributed by atoms with Crippen LogP contribution in [0.5, 0.6) is 0 Å². The van der Waals surface area contributed by atoms with Crippen LogP contribution in [-0.2, 0) is 4.79 Å². The lowest BCUT2D eigenvalue weighted by Crippen LogP contribution is -2.45. The number of piperidine rings is 1. The summed E-state index contributed by atoms with van der Waals surface area (Å²) in [6.45, 7) is 5.05. The Bertz CT molecular complexity index is 192. The van der Waals surface area contributed by atoms with Crippen LogP contribution in [0.2, 0.25) is 0 Å². The minimum absolute atomic E-state index is 0.0787. The molecule has 1 rings (SSSR count). The molecule has 0 bridgehead atoms. The molecule has 14 heavy (non-hydrogen) atoms. The molecule has 0 spiro atoms. The number of amides is 1. The van der Waals surface area contributed by atoms with Crippen LogP contribution in [-0.4, -0.2) is 35.1 Å². The third-order valence-electron chi connectivity index (χ3n) is 2.74. The van der Waals surface area contributed by atoms with Crippen LogP contribution in [0.15, 0.2) is 0 Å². The molecule has 1 amide bonds. The Morgan fingerprint density at radius 1 is 1.50 bits per heavy atom. The number of hydrogen-bond acceptors (Lipinski definition) is 2. The molecule has 1 aliphatic heterocycles. The van der Waals surface area contributed by atoms with Gasteiger partial charge in [-0.1, -0.05) is 13.8 Å².